The van der Waals surface area contributed by atoms with E-state index in [1.807, 2.05) is 6.07 Å². The van der Waals surface area contributed by atoms with Gasteiger partial charge in [-0.1, -0.05) is 13.8 Å². The highest BCUT2D eigenvalue weighted by molar-refractivity contribution is 5.79. The Labute approximate surface area is 93.8 Å². The van der Waals surface area contributed by atoms with Crippen molar-refractivity contribution < 1.29 is 0 Å². The van der Waals surface area contributed by atoms with Crippen molar-refractivity contribution in [3.63, 3.8) is 0 Å². The Bertz CT molecular complexity index is 652. The van der Waals surface area contributed by atoms with E-state index in [-0.39, 0.29) is 0 Å². The minimum absolute atomic E-state index is 0.530. The zero-order valence-electron chi connectivity index (χ0n) is 9.38. The van der Waals surface area contributed by atoms with Gasteiger partial charge in [0.2, 0.25) is 0 Å². The summed E-state index contributed by atoms with van der Waals surface area (Å²) in [6.07, 6.45) is 5.68. The van der Waals surface area contributed by atoms with Crippen molar-refractivity contribution in [2.24, 2.45) is 0 Å². The summed E-state index contributed by atoms with van der Waals surface area (Å²) < 4.78 is 2.10. The van der Waals surface area contributed by atoms with E-state index in [2.05, 4.69) is 46.5 Å². The van der Waals surface area contributed by atoms with Gasteiger partial charge in [-0.15, -0.1) is 0 Å². The molecule has 16 heavy (non-hydrogen) atoms. The number of hydrogen-bond donors (Lipinski definition) is 0. The Kier molecular flexibility index (Phi) is 1.93. The van der Waals surface area contributed by atoms with Crippen molar-refractivity contribution in [3.05, 3.63) is 42.4 Å². The van der Waals surface area contributed by atoms with Gasteiger partial charge in [0.15, 0.2) is 0 Å². The van der Waals surface area contributed by atoms with Crippen molar-refractivity contribution >= 4 is 16.7 Å². The third-order valence-electron chi connectivity index (χ3n) is 2.90. The average Bonchev–Trinajstić information content (AvgIpc) is 2.66. The van der Waals surface area contributed by atoms with Gasteiger partial charge in [0.1, 0.15) is 11.2 Å². The van der Waals surface area contributed by atoms with Gasteiger partial charge in [-0.05, 0) is 29.7 Å². The van der Waals surface area contributed by atoms with E-state index in [1.165, 1.54) is 5.56 Å². The Morgan fingerprint density at radius 2 is 2.12 bits per heavy atom. The van der Waals surface area contributed by atoms with Gasteiger partial charge in [-0.25, -0.2) is 4.98 Å². The van der Waals surface area contributed by atoms with Crippen LogP contribution in [0.2, 0.25) is 0 Å². The summed E-state index contributed by atoms with van der Waals surface area (Å²) in [5, 5.41) is 0. The zero-order chi connectivity index (χ0) is 11.1. The molecule has 0 aliphatic rings. The van der Waals surface area contributed by atoms with Crippen LogP contribution >= 0.6 is 0 Å². The molecule has 3 heterocycles. The fourth-order valence-electron chi connectivity index (χ4n) is 1.94. The predicted octanol–water partition coefficient (Wildman–Crippen LogP) is 3.01. The first-order chi connectivity index (χ1) is 7.75. The van der Waals surface area contributed by atoms with E-state index in [9.17, 15) is 0 Å². The fourth-order valence-corrected chi connectivity index (χ4v) is 1.94. The van der Waals surface area contributed by atoms with E-state index < -0.39 is 0 Å². The van der Waals surface area contributed by atoms with Crippen LogP contribution in [0, 0.1) is 0 Å². The third-order valence-corrected chi connectivity index (χ3v) is 2.90. The molecule has 0 saturated heterocycles. The molecule has 0 amide bonds. The smallest absolute Gasteiger partial charge is 0.138 e. The maximum absolute atomic E-state index is 4.56. The lowest BCUT2D eigenvalue weighted by Gasteiger charge is -2.04. The van der Waals surface area contributed by atoms with Crippen molar-refractivity contribution in [2.75, 3.05) is 0 Å². The first-order valence-corrected chi connectivity index (χ1v) is 5.47. The summed E-state index contributed by atoms with van der Waals surface area (Å²) in [6, 6.07) is 6.29. The quantitative estimate of drug-likeness (QED) is 0.619. The van der Waals surface area contributed by atoms with Crippen LogP contribution in [0.4, 0.5) is 0 Å². The van der Waals surface area contributed by atoms with Gasteiger partial charge >= 0.3 is 0 Å². The van der Waals surface area contributed by atoms with Crippen LogP contribution < -0.4 is 0 Å². The van der Waals surface area contributed by atoms with E-state index in [1.54, 1.807) is 12.4 Å². The highest BCUT2D eigenvalue weighted by atomic mass is 15.0. The van der Waals surface area contributed by atoms with Crippen LogP contribution in [0.1, 0.15) is 25.3 Å². The highest BCUT2D eigenvalue weighted by Crippen LogP contribution is 2.20. The Morgan fingerprint density at radius 3 is 2.94 bits per heavy atom. The number of aromatic nitrogens is 3. The first-order valence-electron chi connectivity index (χ1n) is 5.47. The summed E-state index contributed by atoms with van der Waals surface area (Å²) in [5.41, 5.74) is 4.37. The average molecular weight is 211 g/mol. The lowest BCUT2D eigenvalue weighted by atomic mass is 10.1. The molecule has 3 heteroatoms. The molecule has 0 spiro atoms. The molecule has 0 aliphatic carbocycles. The van der Waals surface area contributed by atoms with Gasteiger partial charge in [0.25, 0.3) is 0 Å². The molecule has 0 bridgehead atoms. The second-order valence-corrected chi connectivity index (χ2v) is 4.32. The van der Waals surface area contributed by atoms with Gasteiger partial charge in [0.05, 0.1) is 11.7 Å². The summed E-state index contributed by atoms with van der Waals surface area (Å²) in [4.78, 5) is 8.65. The fraction of sp³-hybridized carbons (Fsp3) is 0.231. The third kappa shape index (κ3) is 1.28. The van der Waals surface area contributed by atoms with Crippen LogP contribution in [0.3, 0.4) is 0 Å². The minimum atomic E-state index is 0.530. The van der Waals surface area contributed by atoms with Crippen molar-refractivity contribution in [3.8, 4) is 0 Å². The summed E-state index contributed by atoms with van der Waals surface area (Å²) in [6.45, 7) is 4.38. The number of imidazole rings is 1. The minimum Gasteiger partial charge on any atom is -0.300 e. The Morgan fingerprint density at radius 1 is 1.25 bits per heavy atom. The molecule has 3 nitrogen and oxygen atoms in total. The predicted molar refractivity (Wildman–Crippen MR) is 64.6 cm³/mol. The number of nitrogens with zero attached hydrogens (tertiary/aromatic N) is 3. The number of hydrogen-bond acceptors (Lipinski definition) is 2. The summed E-state index contributed by atoms with van der Waals surface area (Å²) >= 11 is 0. The molecule has 0 N–H and O–H groups in total. The lowest BCUT2D eigenvalue weighted by Crippen LogP contribution is -1.90. The molecule has 0 aliphatic heterocycles. The van der Waals surface area contributed by atoms with E-state index in [0.717, 1.165) is 16.7 Å². The molecule has 0 atom stereocenters. The topological polar surface area (TPSA) is 30.2 Å². The van der Waals surface area contributed by atoms with Crippen LogP contribution in [-0.2, 0) is 0 Å². The lowest BCUT2D eigenvalue weighted by molar-refractivity contribution is 0.863. The molecular weight excluding hydrogens is 198 g/mol. The monoisotopic (exact) mass is 211 g/mol. The Balaban J connectivity index is 2.37. The normalized spacial score (nSPS) is 11.7. The second kappa shape index (κ2) is 3.30. The molecule has 3 aromatic rings. The molecular formula is C13H13N3. The molecule has 80 valence electrons. The standard InChI is InChI=1S/C13H13N3/c1-9(2)10-4-6-16-12-3-5-14-8-11(12)15-13(16)7-10/h3-9H,1-2H3. The van der Waals surface area contributed by atoms with Gasteiger partial charge in [-0.3, -0.25) is 9.38 Å². The number of pyridine rings is 2. The maximum Gasteiger partial charge on any atom is 0.138 e. The van der Waals surface area contributed by atoms with Gasteiger partial charge < -0.3 is 0 Å². The zero-order valence-corrected chi connectivity index (χ0v) is 9.38. The Hall–Kier alpha value is -1.90. The first kappa shape index (κ1) is 9.33. The summed E-state index contributed by atoms with van der Waals surface area (Å²) in [7, 11) is 0. The van der Waals surface area contributed by atoms with Crippen LogP contribution in [0.5, 0.6) is 0 Å². The number of fused-ring (bicyclic) bond motifs is 3. The molecule has 0 aromatic carbocycles. The molecule has 0 saturated carbocycles. The van der Waals surface area contributed by atoms with Crippen molar-refractivity contribution in [1.82, 2.24) is 14.4 Å². The maximum atomic E-state index is 4.56. The van der Waals surface area contributed by atoms with Gasteiger partial charge in [-0.2, -0.15) is 0 Å². The SMILES string of the molecule is CC(C)c1ccn2c(c1)nc1cnccc12. The largest absolute Gasteiger partial charge is 0.300 e. The summed E-state index contributed by atoms with van der Waals surface area (Å²) in [5.74, 6) is 0.530. The molecule has 0 fully saturated rings. The van der Waals surface area contributed by atoms with Crippen molar-refractivity contribution in [1.29, 1.82) is 0 Å². The number of rotatable bonds is 1. The molecule has 0 radical (unpaired) electrons. The second-order valence-electron chi connectivity index (χ2n) is 4.32. The van der Waals surface area contributed by atoms with Crippen LogP contribution in [-0.4, -0.2) is 14.4 Å². The van der Waals surface area contributed by atoms with Gasteiger partial charge in [0, 0.05) is 12.4 Å². The van der Waals surface area contributed by atoms with Crippen LogP contribution in [0.15, 0.2) is 36.8 Å². The van der Waals surface area contributed by atoms with Crippen LogP contribution in [0.25, 0.3) is 16.7 Å². The van der Waals surface area contributed by atoms with E-state index in [0.29, 0.717) is 5.92 Å². The molecule has 3 rings (SSSR count). The highest BCUT2D eigenvalue weighted by Gasteiger charge is 2.05. The van der Waals surface area contributed by atoms with Crippen molar-refractivity contribution in [2.45, 2.75) is 19.8 Å². The molecule has 3 aromatic heterocycles. The molecule has 0 unspecified atom stereocenters. The van der Waals surface area contributed by atoms with E-state index in [4.69, 9.17) is 0 Å². The van der Waals surface area contributed by atoms with E-state index >= 15 is 0 Å².